The maximum absolute atomic E-state index is 12.4. The third kappa shape index (κ3) is 4.24. The molecule has 1 amide bonds. The molecule has 0 aliphatic heterocycles. The zero-order valence-corrected chi connectivity index (χ0v) is 13.8. The summed E-state index contributed by atoms with van der Waals surface area (Å²) < 4.78 is 5.57. The quantitative estimate of drug-likeness (QED) is 0.765. The Morgan fingerprint density at radius 3 is 2.68 bits per heavy atom. The molecule has 0 bridgehead atoms. The highest BCUT2D eigenvalue weighted by atomic mass is 35.5. The van der Waals surface area contributed by atoms with Gasteiger partial charge in [0.1, 0.15) is 5.75 Å². The van der Waals surface area contributed by atoms with E-state index in [2.05, 4.69) is 11.4 Å². The van der Waals surface area contributed by atoms with Crippen LogP contribution in [0.1, 0.15) is 17.7 Å². The van der Waals surface area contributed by atoms with Crippen LogP contribution >= 0.6 is 22.9 Å². The van der Waals surface area contributed by atoms with E-state index in [1.807, 2.05) is 11.0 Å². The Kier molecular flexibility index (Phi) is 5.01. The Hall–Kier alpha value is -1.52. The minimum Gasteiger partial charge on any atom is -0.484 e. The molecule has 0 unspecified atom stereocenters. The molecule has 0 radical (unpaired) electrons. The SMILES string of the molecule is O=C(COc1ccc(Cl)cc1)N(CCc1cccs1)C1CC1. The number of carbonyl (C=O) groups is 1. The first-order valence-electron chi connectivity index (χ1n) is 7.42. The molecule has 0 N–H and O–H groups in total. The molecule has 0 atom stereocenters. The van der Waals surface area contributed by atoms with Gasteiger partial charge < -0.3 is 9.64 Å². The average molecular weight is 336 g/mol. The highest BCUT2D eigenvalue weighted by Crippen LogP contribution is 2.27. The molecule has 1 saturated carbocycles. The minimum atomic E-state index is 0.0639. The number of thiophene rings is 1. The van der Waals surface area contributed by atoms with Crippen molar-refractivity contribution in [3.05, 3.63) is 51.7 Å². The van der Waals surface area contributed by atoms with Gasteiger partial charge in [-0.25, -0.2) is 0 Å². The third-order valence-electron chi connectivity index (χ3n) is 3.66. The predicted octanol–water partition coefficient (Wildman–Crippen LogP) is 4.01. The van der Waals surface area contributed by atoms with Gasteiger partial charge in [-0.3, -0.25) is 4.79 Å². The highest BCUT2D eigenvalue weighted by molar-refractivity contribution is 7.09. The Bertz CT molecular complexity index is 608. The van der Waals surface area contributed by atoms with Gasteiger partial charge in [0, 0.05) is 22.5 Å². The van der Waals surface area contributed by atoms with E-state index in [9.17, 15) is 4.79 Å². The molecule has 1 aliphatic carbocycles. The van der Waals surface area contributed by atoms with Gasteiger partial charge in [0.05, 0.1) is 0 Å². The lowest BCUT2D eigenvalue weighted by atomic mass is 10.3. The van der Waals surface area contributed by atoms with Crippen molar-refractivity contribution in [3.8, 4) is 5.75 Å². The van der Waals surface area contributed by atoms with E-state index >= 15 is 0 Å². The second-order valence-electron chi connectivity index (χ2n) is 5.39. The van der Waals surface area contributed by atoms with Crippen LogP contribution in [0.4, 0.5) is 0 Å². The fourth-order valence-corrected chi connectivity index (χ4v) is 3.17. The first kappa shape index (κ1) is 15.4. The zero-order valence-electron chi connectivity index (χ0n) is 12.2. The van der Waals surface area contributed by atoms with Crippen molar-refractivity contribution in [3.63, 3.8) is 0 Å². The molecule has 1 aromatic heterocycles. The van der Waals surface area contributed by atoms with E-state index in [0.29, 0.717) is 16.8 Å². The number of hydrogen-bond acceptors (Lipinski definition) is 3. The molecule has 2 aromatic rings. The van der Waals surface area contributed by atoms with Crippen molar-refractivity contribution in [2.45, 2.75) is 25.3 Å². The maximum atomic E-state index is 12.4. The first-order chi connectivity index (χ1) is 10.7. The van der Waals surface area contributed by atoms with Crippen molar-refractivity contribution in [1.82, 2.24) is 4.90 Å². The number of nitrogens with zero attached hydrogens (tertiary/aromatic N) is 1. The summed E-state index contributed by atoms with van der Waals surface area (Å²) in [6.45, 7) is 0.858. The van der Waals surface area contributed by atoms with Gasteiger partial charge in [-0.15, -0.1) is 11.3 Å². The van der Waals surface area contributed by atoms with Crippen LogP contribution in [0.5, 0.6) is 5.75 Å². The summed E-state index contributed by atoms with van der Waals surface area (Å²) in [4.78, 5) is 15.7. The summed E-state index contributed by atoms with van der Waals surface area (Å²) in [7, 11) is 0. The molecule has 116 valence electrons. The molecular weight excluding hydrogens is 318 g/mol. The van der Waals surface area contributed by atoms with Gasteiger partial charge in [-0.2, -0.15) is 0 Å². The molecular formula is C17H18ClNO2S. The number of halogens is 1. The van der Waals surface area contributed by atoms with E-state index in [1.54, 1.807) is 35.6 Å². The number of carbonyl (C=O) groups excluding carboxylic acids is 1. The second kappa shape index (κ2) is 7.16. The van der Waals surface area contributed by atoms with E-state index in [4.69, 9.17) is 16.3 Å². The largest absolute Gasteiger partial charge is 0.484 e. The number of amides is 1. The topological polar surface area (TPSA) is 29.5 Å². The maximum Gasteiger partial charge on any atom is 0.260 e. The van der Waals surface area contributed by atoms with Crippen molar-refractivity contribution in [2.24, 2.45) is 0 Å². The van der Waals surface area contributed by atoms with Gasteiger partial charge in [-0.05, 0) is 55.0 Å². The Morgan fingerprint density at radius 1 is 1.27 bits per heavy atom. The number of benzene rings is 1. The standard InChI is InChI=1S/C17H18ClNO2S/c18-13-3-7-15(8-4-13)21-12-17(20)19(14-5-6-14)10-9-16-2-1-11-22-16/h1-4,7-8,11,14H,5-6,9-10,12H2. The Labute approximate surface area is 139 Å². The Balaban J connectivity index is 1.52. The second-order valence-corrected chi connectivity index (χ2v) is 6.86. The molecule has 1 aromatic carbocycles. The number of rotatable bonds is 7. The van der Waals surface area contributed by atoms with Crippen molar-refractivity contribution in [1.29, 1.82) is 0 Å². The fraction of sp³-hybridized carbons (Fsp3) is 0.353. The van der Waals surface area contributed by atoms with Gasteiger partial charge in [0.25, 0.3) is 5.91 Å². The normalized spacial score (nSPS) is 13.9. The summed E-state index contributed by atoms with van der Waals surface area (Å²) in [5, 5.41) is 2.73. The lowest BCUT2D eigenvalue weighted by Crippen LogP contribution is -2.38. The van der Waals surface area contributed by atoms with Crippen LogP contribution in [0.15, 0.2) is 41.8 Å². The van der Waals surface area contributed by atoms with E-state index in [1.165, 1.54) is 4.88 Å². The molecule has 1 aliphatic rings. The zero-order chi connectivity index (χ0) is 15.4. The monoisotopic (exact) mass is 335 g/mol. The van der Waals surface area contributed by atoms with Crippen LogP contribution in [-0.2, 0) is 11.2 Å². The predicted molar refractivity (Wildman–Crippen MR) is 89.7 cm³/mol. The van der Waals surface area contributed by atoms with Crippen LogP contribution in [0.2, 0.25) is 5.02 Å². The molecule has 0 saturated heterocycles. The highest BCUT2D eigenvalue weighted by Gasteiger charge is 2.32. The summed E-state index contributed by atoms with van der Waals surface area (Å²) >= 11 is 7.57. The van der Waals surface area contributed by atoms with Crippen LogP contribution in [0.3, 0.4) is 0 Å². The van der Waals surface area contributed by atoms with E-state index in [-0.39, 0.29) is 12.5 Å². The average Bonchev–Trinajstić information content (AvgIpc) is 3.22. The number of ether oxygens (including phenoxy) is 1. The summed E-state index contributed by atoms with van der Waals surface area (Å²) in [6.07, 6.45) is 3.13. The molecule has 1 fully saturated rings. The van der Waals surface area contributed by atoms with Gasteiger partial charge in [0.2, 0.25) is 0 Å². The van der Waals surface area contributed by atoms with E-state index in [0.717, 1.165) is 25.8 Å². The van der Waals surface area contributed by atoms with Crippen molar-refractivity contribution >= 4 is 28.8 Å². The fourth-order valence-electron chi connectivity index (χ4n) is 2.34. The third-order valence-corrected chi connectivity index (χ3v) is 4.85. The number of hydrogen-bond donors (Lipinski definition) is 0. The molecule has 3 rings (SSSR count). The molecule has 1 heterocycles. The van der Waals surface area contributed by atoms with Crippen molar-refractivity contribution in [2.75, 3.05) is 13.2 Å². The lowest BCUT2D eigenvalue weighted by Gasteiger charge is -2.22. The van der Waals surface area contributed by atoms with Crippen LogP contribution in [0, 0.1) is 0 Å². The Morgan fingerprint density at radius 2 is 2.05 bits per heavy atom. The van der Waals surface area contributed by atoms with Crippen molar-refractivity contribution < 1.29 is 9.53 Å². The lowest BCUT2D eigenvalue weighted by molar-refractivity contribution is -0.133. The van der Waals surface area contributed by atoms with Gasteiger partial charge in [0.15, 0.2) is 6.61 Å². The molecule has 22 heavy (non-hydrogen) atoms. The smallest absolute Gasteiger partial charge is 0.260 e. The van der Waals surface area contributed by atoms with Gasteiger partial charge >= 0.3 is 0 Å². The first-order valence-corrected chi connectivity index (χ1v) is 8.68. The van der Waals surface area contributed by atoms with Crippen LogP contribution < -0.4 is 4.74 Å². The molecule has 0 spiro atoms. The van der Waals surface area contributed by atoms with Crippen LogP contribution in [-0.4, -0.2) is 30.0 Å². The van der Waals surface area contributed by atoms with Crippen LogP contribution in [0.25, 0.3) is 0 Å². The molecule has 5 heteroatoms. The molecule has 3 nitrogen and oxygen atoms in total. The minimum absolute atomic E-state index is 0.0639. The van der Waals surface area contributed by atoms with Gasteiger partial charge in [-0.1, -0.05) is 17.7 Å². The summed E-state index contributed by atoms with van der Waals surface area (Å²) in [5.74, 6) is 0.737. The summed E-state index contributed by atoms with van der Waals surface area (Å²) in [5.41, 5.74) is 0. The summed E-state index contributed by atoms with van der Waals surface area (Å²) in [6, 6.07) is 11.7. The van der Waals surface area contributed by atoms with E-state index < -0.39 is 0 Å².